The predicted octanol–water partition coefficient (Wildman–Crippen LogP) is 4.45. The Labute approximate surface area is 165 Å². The lowest BCUT2D eigenvalue weighted by atomic mass is 10.1. The summed E-state index contributed by atoms with van der Waals surface area (Å²) in [6.45, 7) is 1.97. The maximum Gasteiger partial charge on any atom is 0.336 e. The van der Waals surface area contributed by atoms with Gasteiger partial charge in [0.1, 0.15) is 5.58 Å². The van der Waals surface area contributed by atoms with Gasteiger partial charge in [-0.2, -0.15) is 5.10 Å². The summed E-state index contributed by atoms with van der Waals surface area (Å²) >= 11 is 6.08. The van der Waals surface area contributed by atoms with Crippen molar-refractivity contribution in [2.24, 2.45) is 0 Å². The molecule has 0 radical (unpaired) electrons. The van der Waals surface area contributed by atoms with Crippen molar-refractivity contribution in [2.75, 3.05) is 5.32 Å². The second-order valence-electron chi connectivity index (χ2n) is 6.21. The second kappa shape index (κ2) is 7.32. The van der Waals surface area contributed by atoms with E-state index in [9.17, 15) is 9.59 Å². The molecule has 1 N–H and O–H groups in total. The Morgan fingerprint density at radius 3 is 2.82 bits per heavy atom. The second-order valence-corrected chi connectivity index (χ2v) is 6.65. The molecule has 2 aromatic carbocycles. The topological polar surface area (TPSA) is 77.1 Å². The number of carbonyl (C=O) groups is 1. The predicted molar refractivity (Wildman–Crippen MR) is 108 cm³/mol. The summed E-state index contributed by atoms with van der Waals surface area (Å²) < 4.78 is 6.83. The summed E-state index contributed by atoms with van der Waals surface area (Å²) in [4.78, 5) is 24.1. The van der Waals surface area contributed by atoms with Gasteiger partial charge in [0.05, 0.1) is 23.1 Å². The van der Waals surface area contributed by atoms with E-state index in [2.05, 4.69) is 10.4 Å². The third-order valence-electron chi connectivity index (χ3n) is 4.38. The van der Waals surface area contributed by atoms with Crippen LogP contribution in [-0.2, 0) is 6.42 Å². The molecule has 0 fully saturated rings. The van der Waals surface area contributed by atoms with Crippen molar-refractivity contribution < 1.29 is 9.21 Å². The zero-order chi connectivity index (χ0) is 19.7. The van der Waals surface area contributed by atoms with E-state index in [1.165, 1.54) is 6.07 Å². The summed E-state index contributed by atoms with van der Waals surface area (Å²) in [5.74, 6) is -0.262. The first-order valence-corrected chi connectivity index (χ1v) is 9.11. The van der Waals surface area contributed by atoms with Crippen molar-refractivity contribution in [1.82, 2.24) is 9.78 Å². The summed E-state index contributed by atoms with van der Waals surface area (Å²) in [6, 6.07) is 15.4. The molecule has 2 heterocycles. The van der Waals surface area contributed by atoms with Gasteiger partial charge in [-0.05, 0) is 48.9 Å². The Bertz CT molecular complexity index is 1240. The molecular formula is C21H16ClN3O3. The normalized spacial score (nSPS) is 10.9. The quantitative estimate of drug-likeness (QED) is 0.520. The van der Waals surface area contributed by atoms with Gasteiger partial charge < -0.3 is 9.73 Å². The molecular weight excluding hydrogens is 378 g/mol. The third-order valence-corrected chi connectivity index (χ3v) is 4.61. The summed E-state index contributed by atoms with van der Waals surface area (Å²) in [5.41, 5.74) is 2.72. The molecule has 7 heteroatoms. The van der Waals surface area contributed by atoms with E-state index in [-0.39, 0.29) is 5.91 Å². The molecule has 0 aliphatic rings. The highest BCUT2D eigenvalue weighted by Gasteiger charge is 2.17. The first kappa shape index (κ1) is 18.0. The van der Waals surface area contributed by atoms with Crippen LogP contribution >= 0.6 is 11.6 Å². The first-order valence-electron chi connectivity index (χ1n) is 8.73. The Hall–Kier alpha value is -3.38. The van der Waals surface area contributed by atoms with Gasteiger partial charge in [0, 0.05) is 22.2 Å². The fraction of sp³-hybridized carbons (Fsp3) is 0.0952. The first-order chi connectivity index (χ1) is 13.5. The van der Waals surface area contributed by atoms with Gasteiger partial charge in [0.2, 0.25) is 0 Å². The van der Waals surface area contributed by atoms with Crippen LogP contribution in [-0.4, -0.2) is 15.7 Å². The highest BCUT2D eigenvalue weighted by atomic mass is 35.5. The highest BCUT2D eigenvalue weighted by Crippen LogP contribution is 2.22. The zero-order valence-electron chi connectivity index (χ0n) is 15.0. The number of aromatic nitrogens is 2. The van der Waals surface area contributed by atoms with Gasteiger partial charge in [-0.3, -0.25) is 4.79 Å². The average molecular weight is 394 g/mol. The van der Waals surface area contributed by atoms with E-state index in [1.54, 1.807) is 47.3 Å². The molecule has 6 nitrogen and oxygen atoms in total. The zero-order valence-corrected chi connectivity index (χ0v) is 15.7. The van der Waals surface area contributed by atoms with Gasteiger partial charge in [0.25, 0.3) is 5.91 Å². The maximum atomic E-state index is 12.8. The number of halogens is 1. The molecule has 4 aromatic rings. The molecule has 140 valence electrons. The van der Waals surface area contributed by atoms with E-state index in [1.807, 2.05) is 19.1 Å². The minimum absolute atomic E-state index is 0.262. The van der Waals surface area contributed by atoms with E-state index in [4.69, 9.17) is 16.0 Å². The van der Waals surface area contributed by atoms with Gasteiger partial charge in [-0.25, -0.2) is 9.48 Å². The number of hydrogen-bond acceptors (Lipinski definition) is 4. The molecule has 28 heavy (non-hydrogen) atoms. The van der Waals surface area contributed by atoms with Crippen molar-refractivity contribution >= 4 is 34.2 Å². The fourth-order valence-electron chi connectivity index (χ4n) is 3.08. The molecule has 2 aromatic heterocycles. The molecule has 0 saturated heterocycles. The van der Waals surface area contributed by atoms with Gasteiger partial charge >= 0.3 is 5.63 Å². The van der Waals surface area contributed by atoms with Crippen LogP contribution in [0.5, 0.6) is 0 Å². The third kappa shape index (κ3) is 3.42. The molecule has 0 bridgehead atoms. The number of nitrogens with one attached hydrogen (secondary N) is 1. The Morgan fingerprint density at radius 1 is 1.18 bits per heavy atom. The van der Waals surface area contributed by atoms with E-state index >= 15 is 0 Å². The van der Waals surface area contributed by atoms with Gasteiger partial charge in [-0.1, -0.05) is 24.6 Å². The van der Waals surface area contributed by atoms with Crippen molar-refractivity contribution in [1.29, 1.82) is 0 Å². The number of fused-ring (bicyclic) bond motifs is 1. The molecule has 1 amide bonds. The summed E-state index contributed by atoms with van der Waals surface area (Å²) in [6.07, 6.45) is 2.17. The minimum atomic E-state index is -0.412. The molecule has 0 unspecified atom stereocenters. The lowest BCUT2D eigenvalue weighted by Gasteiger charge is -2.09. The largest absolute Gasteiger partial charge is 0.423 e. The van der Waals surface area contributed by atoms with Crippen molar-refractivity contribution in [2.45, 2.75) is 13.3 Å². The number of amides is 1. The van der Waals surface area contributed by atoms with Gasteiger partial charge in [0.15, 0.2) is 0 Å². The van der Waals surface area contributed by atoms with Crippen LogP contribution < -0.4 is 10.9 Å². The van der Waals surface area contributed by atoms with E-state index < -0.39 is 5.63 Å². The Balaban J connectivity index is 1.65. The summed E-state index contributed by atoms with van der Waals surface area (Å²) in [5, 5.41) is 8.57. The van der Waals surface area contributed by atoms with E-state index in [0.717, 1.165) is 16.8 Å². The van der Waals surface area contributed by atoms with Crippen LogP contribution in [0.1, 0.15) is 23.0 Å². The fourth-order valence-corrected chi connectivity index (χ4v) is 3.27. The van der Waals surface area contributed by atoms with E-state index in [0.29, 0.717) is 28.3 Å². The van der Waals surface area contributed by atoms with Crippen LogP contribution in [0, 0.1) is 0 Å². The van der Waals surface area contributed by atoms with Crippen LogP contribution in [0.2, 0.25) is 5.02 Å². The maximum absolute atomic E-state index is 12.8. The SMILES string of the molecule is CCc1c(C(=O)Nc2ccc3oc(=O)ccc3c2)cnn1-c1cccc(Cl)c1. The van der Waals surface area contributed by atoms with Crippen LogP contribution in [0.15, 0.2) is 70.0 Å². The smallest absolute Gasteiger partial charge is 0.336 e. The molecule has 4 rings (SSSR count). The molecule has 0 saturated carbocycles. The molecule has 0 spiro atoms. The minimum Gasteiger partial charge on any atom is -0.423 e. The number of rotatable bonds is 4. The average Bonchev–Trinajstić information content (AvgIpc) is 3.12. The van der Waals surface area contributed by atoms with Crippen molar-refractivity contribution in [3.8, 4) is 5.69 Å². The lowest BCUT2D eigenvalue weighted by molar-refractivity contribution is 0.102. The van der Waals surface area contributed by atoms with Gasteiger partial charge in [-0.15, -0.1) is 0 Å². The van der Waals surface area contributed by atoms with Crippen molar-refractivity contribution in [3.05, 3.63) is 87.5 Å². The highest BCUT2D eigenvalue weighted by molar-refractivity contribution is 6.30. The Kier molecular flexibility index (Phi) is 4.71. The standard InChI is InChI=1S/C21H16ClN3O3/c1-2-18-17(12-23-25(18)16-5-3-4-14(22)11-16)21(27)24-15-7-8-19-13(10-15)6-9-20(26)28-19/h3-12H,2H2,1H3,(H,24,27). The number of anilines is 1. The summed E-state index contributed by atoms with van der Waals surface area (Å²) in [7, 11) is 0. The van der Waals surface area contributed by atoms with Crippen LogP contribution in [0.3, 0.4) is 0 Å². The molecule has 0 aliphatic carbocycles. The molecule has 0 atom stereocenters. The van der Waals surface area contributed by atoms with Crippen LogP contribution in [0.25, 0.3) is 16.7 Å². The number of carbonyl (C=O) groups excluding carboxylic acids is 1. The Morgan fingerprint density at radius 2 is 2.04 bits per heavy atom. The number of benzene rings is 2. The van der Waals surface area contributed by atoms with Crippen LogP contribution in [0.4, 0.5) is 5.69 Å². The lowest BCUT2D eigenvalue weighted by Crippen LogP contribution is -2.14. The monoisotopic (exact) mass is 393 g/mol. The van der Waals surface area contributed by atoms with Crippen molar-refractivity contribution in [3.63, 3.8) is 0 Å². The molecule has 0 aliphatic heterocycles. The number of hydrogen-bond donors (Lipinski definition) is 1. The number of nitrogens with zero attached hydrogens (tertiary/aromatic N) is 2.